The molecule has 0 aliphatic carbocycles. The molecule has 0 radical (unpaired) electrons. The van der Waals surface area contributed by atoms with E-state index >= 15 is 0 Å². The molecule has 7 rings (SSSR count). The van der Waals surface area contributed by atoms with Crippen molar-refractivity contribution in [2.75, 3.05) is 13.1 Å². The van der Waals surface area contributed by atoms with E-state index in [9.17, 15) is 9.59 Å². The van der Waals surface area contributed by atoms with Crippen molar-refractivity contribution < 1.29 is 19.1 Å². The molecule has 0 saturated carbocycles. The number of fused-ring (bicyclic) bond motifs is 2. The fourth-order valence-electron chi connectivity index (χ4n) is 7.42. The maximum absolute atomic E-state index is 13.0. The summed E-state index contributed by atoms with van der Waals surface area (Å²) in [4.78, 5) is 41.8. The normalized spacial score (nSPS) is 21.4. The maximum Gasteiger partial charge on any atom is 0.410 e. The van der Waals surface area contributed by atoms with Gasteiger partial charge in [-0.1, -0.05) is 56.3 Å². The van der Waals surface area contributed by atoms with Gasteiger partial charge in [0, 0.05) is 24.3 Å². The van der Waals surface area contributed by atoms with Crippen molar-refractivity contribution in [3.8, 4) is 22.3 Å². The Morgan fingerprint density at radius 2 is 1.16 bits per heavy atom. The lowest BCUT2D eigenvalue weighted by atomic mass is 9.99. The number of hydrogen-bond acceptors (Lipinski definition) is 5. The average Bonchev–Trinajstić information content (AvgIpc) is 3.82. The van der Waals surface area contributed by atoms with Crippen molar-refractivity contribution in [2.24, 2.45) is 11.8 Å². The first kappa shape index (κ1) is 33.7. The minimum Gasteiger partial charge on any atom is -0.444 e. The van der Waals surface area contributed by atoms with Crippen LogP contribution in [0.1, 0.15) is 91.8 Å². The van der Waals surface area contributed by atoms with E-state index in [2.05, 4.69) is 84.5 Å². The zero-order chi connectivity index (χ0) is 35.5. The predicted molar refractivity (Wildman–Crippen MR) is 198 cm³/mol. The molecule has 50 heavy (non-hydrogen) atoms. The molecule has 9 nitrogen and oxygen atoms in total. The predicted octanol–water partition coefficient (Wildman–Crippen LogP) is 10.0. The van der Waals surface area contributed by atoms with E-state index in [0.29, 0.717) is 24.9 Å². The first-order valence-electron chi connectivity index (χ1n) is 17.8. The van der Waals surface area contributed by atoms with Crippen LogP contribution >= 0.6 is 0 Å². The number of nitrogens with zero attached hydrogens (tertiary/aromatic N) is 3. The number of aromatic amines is 2. The van der Waals surface area contributed by atoms with Crippen LogP contribution in [0.2, 0.25) is 0 Å². The monoisotopic (exact) mass is 675 g/mol. The molecule has 4 heterocycles. The number of rotatable bonds is 4. The molecular weight excluding hydrogens is 626 g/mol. The van der Waals surface area contributed by atoms with Gasteiger partial charge in [0.25, 0.3) is 0 Å². The molecule has 0 unspecified atom stereocenters. The van der Waals surface area contributed by atoms with Crippen LogP contribution in [0.3, 0.4) is 0 Å². The number of nitrogens with one attached hydrogen (secondary N) is 2. The van der Waals surface area contributed by atoms with Crippen LogP contribution in [0.4, 0.5) is 9.59 Å². The second-order valence-corrected chi connectivity index (χ2v) is 16.4. The van der Waals surface area contributed by atoms with Gasteiger partial charge < -0.3 is 19.4 Å². The van der Waals surface area contributed by atoms with Gasteiger partial charge in [0.15, 0.2) is 0 Å². The molecular formula is C41H49N5O4. The number of hydrogen-bond donors (Lipinski definition) is 2. The van der Waals surface area contributed by atoms with Crippen molar-refractivity contribution in [1.82, 2.24) is 24.8 Å². The van der Waals surface area contributed by atoms with E-state index in [1.54, 1.807) is 0 Å². The Hall–Kier alpha value is -4.79. The fourth-order valence-corrected chi connectivity index (χ4v) is 7.42. The number of aromatic nitrogens is 3. The summed E-state index contributed by atoms with van der Waals surface area (Å²) in [6, 6.07) is 23.4. The first-order chi connectivity index (χ1) is 23.6. The van der Waals surface area contributed by atoms with Gasteiger partial charge in [0.05, 0.1) is 23.1 Å². The maximum atomic E-state index is 13.0. The third-order valence-corrected chi connectivity index (χ3v) is 9.65. The highest BCUT2D eigenvalue weighted by Gasteiger charge is 2.39. The van der Waals surface area contributed by atoms with E-state index in [0.717, 1.165) is 68.6 Å². The number of imidazole rings is 1. The molecule has 5 aromatic rings. The highest BCUT2D eigenvalue weighted by Crippen LogP contribution is 2.39. The molecule has 2 N–H and O–H groups in total. The number of amides is 2. The van der Waals surface area contributed by atoms with Crippen LogP contribution in [0, 0.1) is 11.8 Å². The van der Waals surface area contributed by atoms with Crippen LogP contribution in [-0.4, -0.2) is 61.2 Å². The molecule has 9 heteroatoms. The standard InChI is InChI=1S/C41H49N5O4/c1-24-17-35(45(22-24)38(47)49-40(3,4)5)34-21-30-14-13-28(19-32(30)42-34)26-9-11-27(12-10-26)29-15-16-31-33(20-29)44-37(43-31)36-18-25(2)23-46(36)39(48)50-41(6,7)8/h9-16,19-21,24-25,35-36,42H,17-18,22-23H2,1-8H3,(H,43,44)/t24-,25-,35-,36-/m0/s1. The van der Waals surface area contributed by atoms with Crippen LogP contribution < -0.4 is 0 Å². The smallest absolute Gasteiger partial charge is 0.410 e. The lowest BCUT2D eigenvalue weighted by Crippen LogP contribution is -2.37. The van der Waals surface area contributed by atoms with E-state index in [4.69, 9.17) is 14.5 Å². The minimum atomic E-state index is -0.551. The van der Waals surface area contributed by atoms with Gasteiger partial charge in [-0.15, -0.1) is 0 Å². The molecule has 2 amide bonds. The Morgan fingerprint density at radius 3 is 1.74 bits per heavy atom. The molecule has 3 aromatic carbocycles. The SMILES string of the molecule is C[C@H]1C[C@@H](c2cc3ccc(-c4ccc(-c5ccc6nc([C@@H]7C[C@H](C)CN7C(=O)OC(C)(C)C)[nH]c6c5)cc4)cc3[nH]2)N(C(=O)OC(C)(C)C)C1. The number of H-pyrrole nitrogens is 2. The topological polar surface area (TPSA) is 104 Å². The molecule has 2 aromatic heterocycles. The van der Waals surface area contributed by atoms with Gasteiger partial charge in [0.2, 0.25) is 0 Å². The van der Waals surface area contributed by atoms with E-state index in [-0.39, 0.29) is 24.3 Å². The van der Waals surface area contributed by atoms with Crippen LogP contribution in [-0.2, 0) is 9.47 Å². The summed E-state index contributed by atoms with van der Waals surface area (Å²) in [6.45, 7) is 17.1. The van der Waals surface area contributed by atoms with Gasteiger partial charge in [-0.05, 0) is 118 Å². The second-order valence-electron chi connectivity index (χ2n) is 16.4. The molecule has 2 aliphatic heterocycles. The van der Waals surface area contributed by atoms with E-state index in [1.165, 1.54) is 0 Å². The third kappa shape index (κ3) is 6.96. The molecule has 0 bridgehead atoms. The molecule has 4 atom stereocenters. The number of ether oxygens (including phenoxy) is 2. The molecule has 262 valence electrons. The summed E-state index contributed by atoms with van der Waals surface area (Å²) in [5.74, 6) is 1.56. The van der Waals surface area contributed by atoms with Crippen molar-refractivity contribution in [3.63, 3.8) is 0 Å². The number of benzene rings is 3. The summed E-state index contributed by atoms with van der Waals surface area (Å²) in [5.41, 5.74) is 7.27. The fraction of sp³-hybridized carbons (Fsp3) is 0.439. The molecule has 2 aliphatic rings. The van der Waals surface area contributed by atoms with Gasteiger partial charge in [0.1, 0.15) is 17.0 Å². The summed E-state index contributed by atoms with van der Waals surface area (Å²) in [6.07, 6.45) is 1.19. The zero-order valence-corrected chi connectivity index (χ0v) is 30.5. The number of likely N-dealkylation sites (tertiary alicyclic amines) is 2. The molecule has 2 fully saturated rings. The third-order valence-electron chi connectivity index (χ3n) is 9.65. The Bertz CT molecular complexity index is 1900. The van der Waals surface area contributed by atoms with E-state index < -0.39 is 11.2 Å². The lowest BCUT2D eigenvalue weighted by molar-refractivity contribution is 0.0206. The average molecular weight is 676 g/mol. The van der Waals surface area contributed by atoms with Gasteiger partial charge in [-0.3, -0.25) is 9.80 Å². The Labute approximate surface area is 294 Å². The Morgan fingerprint density at radius 1 is 0.660 bits per heavy atom. The zero-order valence-electron chi connectivity index (χ0n) is 30.5. The summed E-state index contributed by atoms with van der Waals surface area (Å²) in [5, 5.41) is 1.12. The quantitative estimate of drug-likeness (QED) is 0.197. The van der Waals surface area contributed by atoms with Gasteiger partial charge >= 0.3 is 12.2 Å². The second kappa shape index (κ2) is 12.5. The minimum absolute atomic E-state index is 0.0380. The van der Waals surface area contributed by atoms with Crippen LogP contribution in [0.15, 0.2) is 66.7 Å². The van der Waals surface area contributed by atoms with Crippen molar-refractivity contribution in [2.45, 2.75) is 91.5 Å². The summed E-state index contributed by atoms with van der Waals surface area (Å²) >= 11 is 0. The Balaban J connectivity index is 1.09. The van der Waals surface area contributed by atoms with Gasteiger partial charge in [-0.25, -0.2) is 14.6 Å². The molecule has 2 saturated heterocycles. The van der Waals surface area contributed by atoms with Crippen LogP contribution in [0.5, 0.6) is 0 Å². The van der Waals surface area contributed by atoms with Crippen LogP contribution in [0.25, 0.3) is 44.2 Å². The number of carbonyl (C=O) groups excluding carboxylic acids is 2. The highest BCUT2D eigenvalue weighted by atomic mass is 16.6. The van der Waals surface area contributed by atoms with Gasteiger partial charge in [-0.2, -0.15) is 0 Å². The van der Waals surface area contributed by atoms with Crippen molar-refractivity contribution >= 4 is 34.1 Å². The van der Waals surface area contributed by atoms with Crippen molar-refractivity contribution in [3.05, 3.63) is 78.2 Å². The summed E-state index contributed by atoms with van der Waals surface area (Å²) < 4.78 is 11.4. The van der Waals surface area contributed by atoms with E-state index in [1.807, 2.05) is 57.4 Å². The Kier molecular flexibility index (Phi) is 8.43. The molecule has 0 spiro atoms. The summed E-state index contributed by atoms with van der Waals surface area (Å²) in [7, 11) is 0. The number of carbonyl (C=O) groups is 2. The highest BCUT2D eigenvalue weighted by molar-refractivity contribution is 5.87. The lowest BCUT2D eigenvalue weighted by Gasteiger charge is -2.28. The first-order valence-corrected chi connectivity index (χ1v) is 17.8. The largest absolute Gasteiger partial charge is 0.444 e. The van der Waals surface area contributed by atoms with Crippen molar-refractivity contribution in [1.29, 1.82) is 0 Å².